The molecule has 0 unspecified atom stereocenters. The lowest BCUT2D eigenvalue weighted by atomic mass is 9.92. The van der Waals surface area contributed by atoms with Gasteiger partial charge in [0.1, 0.15) is 17.6 Å². The number of aromatic nitrogens is 1. The number of aromatic amines is 1. The van der Waals surface area contributed by atoms with Crippen LogP contribution in [0.2, 0.25) is 0 Å². The molecular formula is C29H31N3O4. The van der Waals surface area contributed by atoms with E-state index in [1.54, 1.807) is 20.4 Å². The Labute approximate surface area is 210 Å². The minimum atomic E-state index is -1.22. The van der Waals surface area contributed by atoms with Gasteiger partial charge in [-0.05, 0) is 48.0 Å². The highest BCUT2D eigenvalue weighted by atomic mass is 16.5. The highest BCUT2D eigenvalue weighted by Crippen LogP contribution is 2.32. The number of benzene rings is 3. The molecule has 2 heterocycles. The van der Waals surface area contributed by atoms with E-state index in [0.29, 0.717) is 18.7 Å². The Balaban J connectivity index is 1.40. The number of fused-ring (bicyclic) bond motifs is 1. The number of anilines is 1. The molecule has 7 heteroatoms. The molecule has 4 aromatic rings. The van der Waals surface area contributed by atoms with Crippen LogP contribution in [0.5, 0.6) is 11.5 Å². The third-order valence-electron chi connectivity index (χ3n) is 7.02. The van der Waals surface area contributed by atoms with Gasteiger partial charge in [0, 0.05) is 54.5 Å². The van der Waals surface area contributed by atoms with Crippen LogP contribution in [0.4, 0.5) is 5.69 Å². The van der Waals surface area contributed by atoms with Crippen LogP contribution in [-0.2, 0) is 0 Å². The molecule has 0 saturated carbocycles. The molecule has 0 amide bonds. The molecule has 2 N–H and O–H groups in total. The first-order valence-electron chi connectivity index (χ1n) is 12.1. The molecular weight excluding hydrogens is 454 g/mol. The first-order chi connectivity index (χ1) is 17.6. The number of aliphatic hydroxyl groups is 1. The quantitative estimate of drug-likeness (QED) is 0.363. The molecule has 5 rings (SSSR count). The van der Waals surface area contributed by atoms with Gasteiger partial charge in [0.05, 0.1) is 20.3 Å². The smallest absolute Gasteiger partial charge is 0.195 e. The molecule has 1 fully saturated rings. The summed E-state index contributed by atoms with van der Waals surface area (Å²) in [5, 5.41) is 12.3. The van der Waals surface area contributed by atoms with Crippen molar-refractivity contribution in [2.24, 2.45) is 0 Å². The number of ketones is 1. The largest absolute Gasteiger partial charge is 0.497 e. The van der Waals surface area contributed by atoms with Gasteiger partial charge in [-0.25, -0.2) is 0 Å². The number of hydrogen-bond acceptors (Lipinski definition) is 6. The highest BCUT2D eigenvalue weighted by molar-refractivity contribution is 6.10. The number of nitrogens with zero attached hydrogens (tertiary/aromatic N) is 2. The second-order valence-electron chi connectivity index (χ2n) is 9.00. The summed E-state index contributed by atoms with van der Waals surface area (Å²) in [5.41, 5.74) is 3.40. The van der Waals surface area contributed by atoms with Crippen molar-refractivity contribution in [3.05, 3.63) is 90.1 Å². The molecule has 0 radical (unpaired) electrons. The zero-order chi connectivity index (χ0) is 25.1. The van der Waals surface area contributed by atoms with Crippen molar-refractivity contribution in [1.29, 1.82) is 0 Å². The summed E-state index contributed by atoms with van der Waals surface area (Å²) >= 11 is 0. The van der Waals surface area contributed by atoms with Crippen molar-refractivity contribution < 1.29 is 19.4 Å². The Morgan fingerprint density at radius 1 is 0.861 bits per heavy atom. The fourth-order valence-electron chi connectivity index (χ4n) is 5.02. The van der Waals surface area contributed by atoms with E-state index in [0.717, 1.165) is 46.7 Å². The monoisotopic (exact) mass is 485 g/mol. The third-order valence-corrected chi connectivity index (χ3v) is 7.02. The maximum Gasteiger partial charge on any atom is 0.195 e. The first kappa shape index (κ1) is 23.9. The van der Waals surface area contributed by atoms with Crippen LogP contribution < -0.4 is 14.4 Å². The second kappa shape index (κ2) is 10.4. The molecule has 1 aromatic heterocycles. The van der Waals surface area contributed by atoms with E-state index in [-0.39, 0.29) is 5.78 Å². The predicted molar refractivity (Wildman–Crippen MR) is 141 cm³/mol. The summed E-state index contributed by atoms with van der Waals surface area (Å²) in [4.78, 5) is 21.3. The van der Waals surface area contributed by atoms with Gasteiger partial charge in [0.15, 0.2) is 5.78 Å². The summed E-state index contributed by atoms with van der Waals surface area (Å²) < 4.78 is 10.6. The van der Waals surface area contributed by atoms with E-state index in [1.165, 1.54) is 0 Å². The Kier molecular flexibility index (Phi) is 6.93. The van der Waals surface area contributed by atoms with Gasteiger partial charge in [-0.3, -0.25) is 9.69 Å². The molecule has 0 spiro atoms. The predicted octanol–water partition coefficient (Wildman–Crippen LogP) is 4.29. The lowest BCUT2D eigenvalue weighted by molar-refractivity contribution is 0.0366. The molecule has 36 heavy (non-hydrogen) atoms. The summed E-state index contributed by atoms with van der Waals surface area (Å²) in [6, 6.07) is 22.8. The Bertz CT molecular complexity index is 1310. The Morgan fingerprint density at radius 3 is 2.11 bits per heavy atom. The maximum atomic E-state index is 13.6. The highest BCUT2D eigenvalue weighted by Gasteiger charge is 2.35. The minimum absolute atomic E-state index is 0.286. The fourth-order valence-corrected chi connectivity index (χ4v) is 5.02. The zero-order valence-corrected chi connectivity index (χ0v) is 20.6. The van der Waals surface area contributed by atoms with Gasteiger partial charge in [0.25, 0.3) is 0 Å². The van der Waals surface area contributed by atoms with Crippen molar-refractivity contribution in [2.45, 2.75) is 12.1 Å². The first-order valence-corrected chi connectivity index (χ1v) is 12.1. The average molecular weight is 486 g/mol. The standard InChI is InChI=1S/C29H31N3O4/c1-35-22-11-7-20(8-12-22)27(29(34)28(33)25-19-30-26-6-4-3-5-24(25)26)32-17-15-31(16-18-32)21-9-13-23(36-2)14-10-21/h3-14,19,27,29-30,34H,15-18H2,1-2H3/t27-,29-/m1/s1. The minimum Gasteiger partial charge on any atom is -0.497 e. The summed E-state index contributed by atoms with van der Waals surface area (Å²) in [7, 11) is 3.29. The van der Waals surface area contributed by atoms with Gasteiger partial charge < -0.3 is 24.5 Å². The van der Waals surface area contributed by atoms with E-state index in [9.17, 15) is 9.90 Å². The molecule has 2 atom stereocenters. The van der Waals surface area contributed by atoms with Crippen molar-refractivity contribution in [3.63, 3.8) is 0 Å². The molecule has 1 aliphatic heterocycles. The number of rotatable bonds is 8. The number of para-hydroxylation sites is 1. The molecule has 186 valence electrons. The van der Waals surface area contributed by atoms with Crippen LogP contribution in [-0.4, -0.2) is 67.3 Å². The molecule has 0 aliphatic carbocycles. The molecule has 3 aromatic carbocycles. The molecule has 0 bridgehead atoms. The van der Waals surface area contributed by atoms with E-state index in [2.05, 4.69) is 26.9 Å². The Hall–Kier alpha value is -3.81. The van der Waals surface area contributed by atoms with Crippen LogP contribution in [0.3, 0.4) is 0 Å². The van der Waals surface area contributed by atoms with E-state index < -0.39 is 12.1 Å². The number of hydrogen-bond donors (Lipinski definition) is 2. The summed E-state index contributed by atoms with van der Waals surface area (Å²) in [5.74, 6) is 1.28. The fraction of sp³-hybridized carbons (Fsp3) is 0.276. The van der Waals surface area contributed by atoms with Crippen LogP contribution >= 0.6 is 0 Å². The number of Topliss-reactive ketones (excluding diaryl/α,β-unsaturated/α-hetero) is 1. The number of methoxy groups -OCH3 is 2. The van der Waals surface area contributed by atoms with Crippen LogP contribution in [0, 0.1) is 0 Å². The Morgan fingerprint density at radius 2 is 1.47 bits per heavy atom. The van der Waals surface area contributed by atoms with Crippen LogP contribution in [0.15, 0.2) is 79.0 Å². The average Bonchev–Trinajstić information content (AvgIpc) is 3.38. The molecule has 1 saturated heterocycles. The lowest BCUT2D eigenvalue weighted by Crippen LogP contribution is -2.51. The van der Waals surface area contributed by atoms with E-state index in [1.807, 2.05) is 60.7 Å². The van der Waals surface area contributed by atoms with E-state index in [4.69, 9.17) is 9.47 Å². The lowest BCUT2D eigenvalue weighted by Gasteiger charge is -2.41. The van der Waals surface area contributed by atoms with Crippen molar-refractivity contribution in [3.8, 4) is 11.5 Å². The van der Waals surface area contributed by atoms with E-state index >= 15 is 0 Å². The normalized spacial score (nSPS) is 16.0. The summed E-state index contributed by atoms with van der Waals surface area (Å²) in [6.07, 6.45) is 0.480. The van der Waals surface area contributed by atoms with Crippen molar-refractivity contribution in [1.82, 2.24) is 9.88 Å². The number of piperazine rings is 1. The number of ether oxygens (including phenoxy) is 2. The number of carbonyl (C=O) groups is 1. The molecule has 1 aliphatic rings. The van der Waals surface area contributed by atoms with Crippen molar-refractivity contribution in [2.75, 3.05) is 45.3 Å². The number of aliphatic hydroxyl groups excluding tert-OH is 1. The van der Waals surface area contributed by atoms with Crippen LogP contribution in [0.1, 0.15) is 22.0 Å². The van der Waals surface area contributed by atoms with Gasteiger partial charge >= 0.3 is 0 Å². The summed E-state index contributed by atoms with van der Waals surface area (Å²) in [6.45, 7) is 2.99. The van der Waals surface area contributed by atoms with Crippen LogP contribution in [0.25, 0.3) is 10.9 Å². The SMILES string of the molecule is COc1ccc([C@H]([C@@H](O)C(=O)c2c[nH]c3ccccc23)N2CCN(c3ccc(OC)cc3)CC2)cc1. The molecule has 7 nitrogen and oxygen atoms in total. The topological polar surface area (TPSA) is 78.0 Å². The van der Waals surface area contributed by atoms with Gasteiger partial charge in [0.2, 0.25) is 0 Å². The van der Waals surface area contributed by atoms with Crippen molar-refractivity contribution >= 4 is 22.4 Å². The maximum absolute atomic E-state index is 13.6. The van der Waals surface area contributed by atoms with Gasteiger partial charge in [-0.15, -0.1) is 0 Å². The van der Waals surface area contributed by atoms with Gasteiger partial charge in [-0.2, -0.15) is 0 Å². The zero-order valence-electron chi connectivity index (χ0n) is 20.6. The number of carbonyl (C=O) groups excluding carboxylic acids is 1. The third kappa shape index (κ3) is 4.67. The number of nitrogens with one attached hydrogen (secondary N) is 1. The van der Waals surface area contributed by atoms with Gasteiger partial charge in [-0.1, -0.05) is 30.3 Å². The second-order valence-corrected chi connectivity index (χ2v) is 9.00. The number of H-pyrrole nitrogens is 1.